The molecule has 1 aromatic heterocycles. The number of carboxylic acids is 1. The molecule has 162 valence electrons. The maximum atomic E-state index is 13.1. The highest BCUT2D eigenvalue weighted by Gasteiger charge is 2.51. The molecule has 0 aliphatic heterocycles. The number of fused-ring (bicyclic) bond motifs is 3. The zero-order valence-corrected chi connectivity index (χ0v) is 18.4. The number of hydrogen-bond donors (Lipinski definition) is 1. The normalized spacial score (nSPS) is 29.3. The summed E-state index contributed by atoms with van der Waals surface area (Å²) in [6, 6.07) is 2.35. The van der Waals surface area contributed by atoms with E-state index in [9.17, 15) is 20.0 Å². The number of aliphatic carboxylic acids is 1. The van der Waals surface area contributed by atoms with Crippen LogP contribution in [0.15, 0.2) is 0 Å². The second-order valence-corrected chi connectivity index (χ2v) is 10.4. The van der Waals surface area contributed by atoms with E-state index in [1.54, 1.807) is 0 Å². The molecule has 1 aromatic rings. The van der Waals surface area contributed by atoms with E-state index < -0.39 is 17.8 Å². The number of aryl methyl sites for hydroxylation is 1. The third-order valence-electron chi connectivity index (χ3n) is 7.51. The molecule has 2 fully saturated rings. The molecule has 1 N–H and O–H groups in total. The summed E-state index contributed by atoms with van der Waals surface area (Å²) in [6.07, 6.45) is 14.2. The lowest BCUT2D eigenvalue weighted by atomic mass is 9.79. The standard InChI is InChI=1S/C24H32N2O3S/c25-14-18-17-9-7-5-3-1-2-4-6-8-10-19(17)30-23(18)26-22(27)20-15-11-12-16(13-15)21(20)24(28)29/h15-16,20-21H,1-13H2,(H,26,27)(H,28,29)/p-1/t15-,16-,20+,21-/m0/s1. The van der Waals surface area contributed by atoms with Crippen molar-refractivity contribution in [2.75, 3.05) is 5.32 Å². The van der Waals surface area contributed by atoms with Crippen LogP contribution in [-0.2, 0) is 22.4 Å². The van der Waals surface area contributed by atoms with Crippen LogP contribution in [0.25, 0.3) is 0 Å². The summed E-state index contributed by atoms with van der Waals surface area (Å²) in [4.78, 5) is 26.1. The Morgan fingerprint density at radius 1 is 0.933 bits per heavy atom. The van der Waals surface area contributed by atoms with Gasteiger partial charge in [0, 0.05) is 22.7 Å². The van der Waals surface area contributed by atoms with E-state index in [0.717, 1.165) is 50.5 Å². The fraction of sp³-hybridized carbons (Fsp3) is 0.708. The fourth-order valence-corrected chi connectivity index (χ4v) is 7.28. The van der Waals surface area contributed by atoms with Gasteiger partial charge in [0.25, 0.3) is 0 Å². The van der Waals surface area contributed by atoms with E-state index in [2.05, 4.69) is 11.4 Å². The highest BCUT2D eigenvalue weighted by Crippen LogP contribution is 2.52. The van der Waals surface area contributed by atoms with Crippen molar-refractivity contribution in [1.29, 1.82) is 5.26 Å². The largest absolute Gasteiger partial charge is 0.550 e. The van der Waals surface area contributed by atoms with Crippen LogP contribution in [0, 0.1) is 35.0 Å². The van der Waals surface area contributed by atoms with E-state index in [1.165, 1.54) is 54.7 Å². The Labute approximate surface area is 182 Å². The maximum Gasteiger partial charge on any atom is 0.229 e. The first-order valence-electron chi connectivity index (χ1n) is 11.7. The zero-order chi connectivity index (χ0) is 21.1. The smallest absolute Gasteiger partial charge is 0.229 e. The van der Waals surface area contributed by atoms with Gasteiger partial charge in [0.15, 0.2) is 0 Å². The number of carbonyl (C=O) groups excluding carboxylic acids is 2. The minimum Gasteiger partial charge on any atom is -0.550 e. The number of nitrogens with one attached hydrogen (secondary N) is 1. The zero-order valence-electron chi connectivity index (χ0n) is 17.6. The summed E-state index contributed by atoms with van der Waals surface area (Å²) in [5.74, 6) is -2.34. The molecule has 3 aliphatic rings. The lowest BCUT2D eigenvalue weighted by Crippen LogP contribution is -2.43. The fourth-order valence-electron chi connectivity index (χ4n) is 6.04. The van der Waals surface area contributed by atoms with Gasteiger partial charge >= 0.3 is 0 Å². The van der Waals surface area contributed by atoms with Gasteiger partial charge in [-0.15, -0.1) is 11.3 Å². The summed E-state index contributed by atoms with van der Waals surface area (Å²) in [5.41, 5.74) is 1.72. The molecule has 2 saturated carbocycles. The van der Waals surface area contributed by atoms with E-state index in [0.29, 0.717) is 10.6 Å². The predicted molar refractivity (Wildman–Crippen MR) is 115 cm³/mol. The third-order valence-corrected chi connectivity index (χ3v) is 8.72. The van der Waals surface area contributed by atoms with Crippen LogP contribution in [0.1, 0.15) is 86.6 Å². The van der Waals surface area contributed by atoms with Crippen LogP contribution in [0.2, 0.25) is 0 Å². The Bertz CT molecular complexity index is 840. The van der Waals surface area contributed by atoms with Crippen molar-refractivity contribution in [2.24, 2.45) is 23.7 Å². The molecule has 0 aromatic carbocycles. The first kappa shape index (κ1) is 21.4. The number of nitriles is 1. The van der Waals surface area contributed by atoms with E-state index in [4.69, 9.17) is 0 Å². The number of carboxylic acid groups (broad SMARTS) is 1. The lowest BCUT2D eigenvalue weighted by molar-refractivity contribution is -0.314. The van der Waals surface area contributed by atoms with Gasteiger partial charge in [0.2, 0.25) is 5.91 Å². The average Bonchev–Trinajstić information content (AvgIpc) is 3.41. The second kappa shape index (κ2) is 9.51. The van der Waals surface area contributed by atoms with Crippen molar-refractivity contribution in [3.8, 4) is 6.07 Å². The second-order valence-electron chi connectivity index (χ2n) is 9.34. The van der Waals surface area contributed by atoms with Gasteiger partial charge in [-0.25, -0.2) is 0 Å². The topological polar surface area (TPSA) is 93.0 Å². The summed E-state index contributed by atoms with van der Waals surface area (Å²) < 4.78 is 0. The molecule has 4 atom stereocenters. The first-order chi connectivity index (χ1) is 14.6. The van der Waals surface area contributed by atoms with Crippen LogP contribution in [0.4, 0.5) is 5.00 Å². The molecule has 0 saturated heterocycles. The number of anilines is 1. The summed E-state index contributed by atoms with van der Waals surface area (Å²) in [5, 5.41) is 25.2. The van der Waals surface area contributed by atoms with E-state index in [-0.39, 0.29) is 17.7 Å². The molecule has 30 heavy (non-hydrogen) atoms. The number of carbonyl (C=O) groups is 2. The minimum absolute atomic E-state index is 0.0649. The van der Waals surface area contributed by atoms with Crippen LogP contribution in [-0.4, -0.2) is 11.9 Å². The Hall–Kier alpha value is -1.87. The molecular formula is C24H31N2O3S-. The molecule has 2 bridgehead atoms. The average molecular weight is 428 g/mol. The molecule has 0 unspecified atom stereocenters. The summed E-state index contributed by atoms with van der Waals surface area (Å²) in [7, 11) is 0. The number of nitrogens with zero attached hydrogens (tertiary/aromatic N) is 1. The van der Waals surface area contributed by atoms with Crippen molar-refractivity contribution in [3.05, 3.63) is 16.0 Å². The van der Waals surface area contributed by atoms with Crippen molar-refractivity contribution < 1.29 is 14.7 Å². The van der Waals surface area contributed by atoms with Gasteiger partial charge in [-0.2, -0.15) is 5.26 Å². The monoisotopic (exact) mass is 427 g/mol. The van der Waals surface area contributed by atoms with Crippen molar-refractivity contribution in [3.63, 3.8) is 0 Å². The van der Waals surface area contributed by atoms with Crippen LogP contribution < -0.4 is 10.4 Å². The van der Waals surface area contributed by atoms with Gasteiger partial charge in [-0.1, -0.05) is 38.5 Å². The molecule has 1 amide bonds. The SMILES string of the molecule is N#Cc1c(NC(=O)[C@@H]2[C@H]3CC[C@@H](C3)[C@@H]2C(=O)[O-])sc2c1CCCCCCCCCC2. The number of amides is 1. The quantitative estimate of drug-likeness (QED) is 0.783. The molecule has 4 rings (SSSR count). The minimum atomic E-state index is -1.10. The van der Waals surface area contributed by atoms with Crippen molar-refractivity contribution in [1.82, 2.24) is 0 Å². The molecule has 1 heterocycles. The van der Waals surface area contributed by atoms with E-state index in [1.807, 2.05) is 0 Å². The predicted octanol–water partition coefficient (Wildman–Crippen LogP) is 4.19. The van der Waals surface area contributed by atoms with Crippen molar-refractivity contribution in [2.45, 2.75) is 83.5 Å². The third kappa shape index (κ3) is 4.27. The van der Waals surface area contributed by atoms with Gasteiger partial charge in [0.05, 0.1) is 5.56 Å². The molecular weight excluding hydrogens is 396 g/mol. The Kier molecular flexibility index (Phi) is 6.77. The maximum absolute atomic E-state index is 13.1. The first-order valence-corrected chi connectivity index (χ1v) is 12.5. The van der Waals surface area contributed by atoms with Crippen LogP contribution in [0.5, 0.6) is 0 Å². The number of rotatable bonds is 3. The highest BCUT2D eigenvalue weighted by molar-refractivity contribution is 7.16. The van der Waals surface area contributed by atoms with Gasteiger partial charge in [-0.3, -0.25) is 4.79 Å². The van der Waals surface area contributed by atoms with Crippen LogP contribution in [0.3, 0.4) is 0 Å². The Morgan fingerprint density at radius 2 is 1.53 bits per heavy atom. The Balaban J connectivity index is 1.55. The molecule has 5 nitrogen and oxygen atoms in total. The Morgan fingerprint density at radius 3 is 2.17 bits per heavy atom. The van der Waals surface area contributed by atoms with E-state index >= 15 is 0 Å². The number of thiophene rings is 1. The molecule has 6 heteroatoms. The molecule has 0 spiro atoms. The summed E-state index contributed by atoms with van der Waals surface area (Å²) >= 11 is 1.54. The van der Waals surface area contributed by atoms with Gasteiger partial charge < -0.3 is 15.2 Å². The highest BCUT2D eigenvalue weighted by atomic mass is 32.1. The lowest BCUT2D eigenvalue weighted by Gasteiger charge is -2.30. The molecule has 3 aliphatic carbocycles. The molecule has 0 radical (unpaired) electrons. The summed E-state index contributed by atoms with van der Waals surface area (Å²) in [6.45, 7) is 0. The van der Waals surface area contributed by atoms with Gasteiger partial charge in [-0.05, 0) is 62.3 Å². The number of hydrogen-bond acceptors (Lipinski definition) is 5. The van der Waals surface area contributed by atoms with Gasteiger partial charge in [0.1, 0.15) is 11.1 Å². The van der Waals surface area contributed by atoms with Crippen molar-refractivity contribution >= 4 is 28.2 Å². The van der Waals surface area contributed by atoms with Crippen LogP contribution >= 0.6 is 11.3 Å².